The SMILES string of the molecule is CCOC(=O)c1ccc(Cl)c(N2CCOCC2)c1. The Bertz CT molecular complexity index is 430. The van der Waals surface area contributed by atoms with Gasteiger partial charge in [-0.05, 0) is 25.1 Å². The quantitative estimate of drug-likeness (QED) is 0.790. The van der Waals surface area contributed by atoms with Gasteiger partial charge in [0.05, 0.1) is 36.1 Å². The number of esters is 1. The number of carbonyl (C=O) groups is 1. The fraction of sp³-hybridized carbons (Fsp3) is 0.462. The van der Waals surface area contributed by atoms with Crippen molar-refractivity contribution in [3.63, 3.8) is 0 Å². The van der Waals surface area contributed by atoms with Crippen LogP contribution in [0, 0.1) is 0 Å². The Morgan fingerprint density at radius 1 is 1.44 bits per heavy atom. The highest BCUT2D eigenvalue weighted by atomic mass is 35.5. The van der Waals surface area contributed by atoms with Crippen LogP contribution in [0.25, 0.3) is 0 Å². The van der Waals surface area contributed by atoms with E-state index in [1.165, 1.54) is 0 Å². The van der Waals surface area contributed by atoms with Gasteiger partial charge < -0.3 is 14.4 Å². The smallest absolute Gasteiger partial charge is 0.338 e. The van der Waals surface area contributed by atoms with Crippen molar-refractivity contribution in [1.82, 2.24) is 0 Å². The molecule has 1 heterocycles. The number of rotatable bonds is 3. The molecule has 0 saturated carbocycles. The van der Waals surface area contributed by atoms with Gasteiger partial charge in [-0.15, -0.1) is 0 Å². The Morgan fingerprint density at radius 2 is 2.17 bits per heavy atom. The zero-order valence-electron chi connectivity index (χ0n) is 10.3. The number of carbonyl (C=O) groups excluding carboxylic acids is 1. The van der Waals surface area contributed by atoms with Crippen molar-refractivity contribution in [3.8, 4) is 0 Å². The molecule has 0 bridgehead atoms. The average molecular weight is 270 g/mol. The maximum absolute atomic E-state index is 11.7. The third-order valence-electron chi connectivity index (χ3n) is 2.81. The molecule has 98 valence electrons. The summed E-state index contributed by atoms with van der Waals surface area (Å²) in [7, 11) is 0. The predicted octanol–water partition coefficient (Wildman–Crippen LogP) is 2.35. The molecule has 0 atom stereocenters. The number of morpholine rings is 1. The molecule has 1 aliphatic heterocycles. The van der Waals surface area contributed by atoms with E-state index in [0.717, 1.165) is 18.8 Å². The summed E-state index contributed by atoms with van der Waals surface area (Å²) in [5, 5.41) is 0.643. The largest absolute Gasteiger partial charge is 0.462 e. The average Bonchev–Trinajstić information content (AvgIpc) is 2.40. The van der Waals surface area contributed by atoms with E-state index in [1.54, 1.807) is 25.1 Å². The normalized spacial score (nSPS) is 15.6. The van der Waals surface area contributed by atoms with Gasteiger partial charge in [0.15, 0.2) is 0 Å². The van der Waals surface area contributed by atoms with E-state index in [-0.39, 0.29) is 5.97 Å². The lowest BCUT2D eigenvalue weighted by Crippen LogP contribution is -2.36. The van der Waals surface area contributed by atoms with Crippen molar-refractivity contribution in [2.75, 3.05) is 37.8 Å². The van der Waals surface area contributed by atoms with Gasteiger partial charge in [0.2, 0.25) is 0 Å². The van der Waals surface area contributed by atoms with Crippen LogP contribution >= 0.6 is 11.6 Å². The van der Waals surface area contributed by atoms with E-state index in [0.29, 0.717) is 30.4 Å². The number of benzene rings is 1. The van der Waals surface area contributed by atoms with Crippen molar-refractivity contribution in [3.05, 3.63) is 28.8 Å². The van der Waals surface area contributed by atoms with Crippen LogP contribution in [0.3, 0.4) is 0 Å². The molecule has 4 nitrogen and oxygen atoms in total. The standard InChI is InChI=1S/C13H16ClNO3/c1-2-18-13(16)10-3-4-11(14)12(9-10)15-5-7-17-8-6-15/h3-4,9H,2,5-8H2,1H3. The Hall–Kier alpha value is -1.26. The molecule has 0 amide bonds. The first-order chi connectivity index (χ1) is 8.72. The molecule has 1 aromatic carbocycles. The van der Waals surface area contributed by atoms with E-state index in [4.69, 9.17) is 21.1 Å². The monoisotopic (exact) mass is 269 g/mol. The van der Waals surface area contributed by atoms with E-state index >= 15 is 0 Å². The number of hydrogen-bond donors (Lipinski definition) is 0. The van der Waals surface area contributed by atoms with Crippen molar-refractivity contribution in [1.29, 1.82) is 0 Å². The highest BCUT2D eigenvalue weighted by molar-refractivity contribution is 6.33. The van der Waals surface area contributed by atoms with Crippen LogP contribution in [0.1, 0.15) is 17.3 Å². The Labute approximate surface area is 111 Å². The van der Waals surface area contributed by atoms with Crippen molar-refractivity contribution < 1.29 is 14.3 Å². The fourth-order valence-corrected chi connectivity index (χ4v) is 2.14. The summed E-state index contributed by atoms with van der Waals surface area (Å²) >= 11 is 6.18. The highest BCUT2D eigenvalue weighted by Crippen LogP contribution is 2.28. The zero-order chi connectivity index (χ0) is 13.0. The van der Waals surface area contributed by atoms with Gasteiger partial charge in [0.1, 0.15) is 0 Å². The second-order valence-electron chi connectivity index (χ2n) is 3.99. The van der Waals surface area contributed by atoms with Crippen molar-refractivity contribution in [2.45, 2.75) is 6.92 Å². The first-order valence-corrected chi connectivity index (χ1v) is 6.39. The molecule has 1 aromatic rings. The van der Waals surface area contributed by atoms with Gasteiger partial charge in [0, 0.05) is 13.1 Å². The summed E-state index contributed by atoms with van der Waals surface area (Å²) in [6, 6.07) is 5.20. The van der Waals surface area contributed by atoms with E-state index in [2.05, 4.69) is 4.90 Å². The maximum atomic E-state index is 11.7. The van der Waals surface area contributed by atoms with Gasteiger partial charge in [-0.25, -0.2) is 4.79 Å². The second-order valence-corrected chi connectivity index (χ2v) is 4.39. The van der Waals surface area contributed by atoms with Crippen LogP contribution in [0.4, 0.5) is 5.69 Å². The van der Waals surface area contributed by atoms with Crippen molar-refractivity contribution >= 4 is 23.3 Å². The fourth-order valence-electron chi connectivity index (χ4n) is 1.90. The molecule has 0 N–H and O–H groups in total. The van der Waals surface area contributed by atoms with Gasteiger partial charge in [-0.2, -0.15) is 0 Å². The maximum Gasteiger partial charge on any atom is 0.338 e. The van der Waals surface area contributed by atoms with Gasteiger partial charge in [-0.3, -0.25) is 0 Å². The number of ether oxygens (including phenoxy) is 2. The third kappa shape index (κ3) is 2.94. The lowest BCUT2D eigenvalue weighted by atomic mass is 10.2. The predicted molar refractivity (Wildman–Crippen MR) is 70.4 cm³/mol. The first kappa shape index (κ1) is 13.2. The summed E-state index contributed by atoms with van der Waals surface area (Å²) in [5.74, 6) is -0.316. The summed E-state index contributed by atoms with van der Waals surface area (Å²) < 4.78 is 10.3. The minimum absolute atomic E-state index is 0.316. The number of nitrogens with zero attached hydrogens (tertiary/aromatic N) is 1. The minimum Gasteiger partial charge on any atom is -0.462 e. The van der Waals surface area contributed by atoms with E-state index in [9.17, 15) is 4.79 Å². The first-order valence-electron chi connectivity index (χ1n) is 6.01. The van der Waals surface area contributed by atoms with Crippen LogP contribution in [0.5, 0.6) is 0 Å². The van der Waals surface area contributed by atoms with Crippen LogP contribution < -0.4 is 4.90 Å². The highest BCUT2D eigenvalue weighted by Gasteiger charge is 2.16. The summed E-state index contributed by atoms with van der Waals surface area (Å²) in [5.41, 5.74) is 1.40. The van der Waals surface area contributed by atoms with Crippen LogP contribution in [0.2, 0.25) is 5.02 Å². The van der Waals surface area contributed by atoms with Crippen molar-refractivity contribution in [2.24, 2.45) is 0 Å². The third-order valence-corrected chi connectivity index (χ3v) is 3.13. The minimum atomic E-state index is -0.316. The molecule has 0 spiro atoms. The zero-order valence-corrected chi connectivity index (χ0v) is 11.1. The molecule has 5 heteroatoms. The Kier molecular flexibility index (Phi) is 4.44. The second kappa shape index (κ2) is 6.07. The molecular formula is C13H16ClNO3. The summed E-state index contributed by atoms with van der Waals surface area (Å²) in [4.78, 5) is 13.8. The molecule has 1 aliphatic rings. The molecule has 0 aliphatic carbocycles. The van der Waals surface area contributed by atoms with Gasteiger partial charge in [0.25, 0.3) is 0 Å². The molecule has 18 heavy (non-hydrogen) atoms. The molecule has 1 fully saturated rings. The summed E-state index contributed by atoms with van der Waals surface area (Å²) in [6.07, 6.45) is 0. The molecule has 0 aromatic heterocycles. The molecule has 2 rings (SSSR count). The topological polar surface area (TPSA) is 38.8 Å². The van der Waals surface area contributed by atoms with E-state index in [1.807, 2.05) is 0 Å². The lowest BCUT2D eigenvalue weighted by Gasteiger charge is -2.29. The van der Waals surface area contributed by atoms with Crippen LogP contribution in [-0.4, -0.2) is 38.9 Å². The molecule has 0 radical (unpaired) electrons. The number of hydrogen-bond acceptors (Lipinski definition) is 4. The lowest BCUT2D eigenvalue weighted by molar-refractivity contribution is 0.0526. The number of anilines is 1. The molecule has 0 unspecified atom stereocenters. The summed E-state index contributed by atoms with van der Waals surface area (Å²) in [6.45, 7) is 5.09. The van der Waals surface area contributed by atoms with Gasteiger partial charge in [-0.1, -0.05) is 11.6 Å². The number of halogens is 1. The Balaban J connectivity index is 2.23. The molecule has 1 saturated heterocycles. The van der Waals surface area contributed by atoms with E-state index < -0.39 is 0 Å². The van der Waals surface area contributed by atoms with Crippen LogP contribution in [0.15, 0.2) is 18.2 Å². The molecular weight excluding hydrogens is 254 g/mol. The van der Waals surface area contributed by atoms with Gasteiger partial charge >= 0.3 is 5.97 Å². The Morgan fingerprint density at radius 3 is 2.83 bits per heavy atom. The van der Waals surface area contributed by atoms with Crippen LogP contribution in [-0.2, 0) is 9.47 Å².